The molecule has 1 aromatic carbocycles. The standard InChI is InChI=1S/C14H23NO2/c1-6-14(2,3)13(15)12-10(16-4)8-7-9-11(12)17-5/h7-9,13H,6,15H2,1-5H3. The van der Waals surface area contributed by atoms with Crippen LogP contribution in [-0.4, -0.2) is 14.2 Å². The zero-order valence-corrected chi connectivity index (χ0v) is 11.4. The minimum atomic E-state index is -0.112. The van der Waals surface area contributed by atoms with E-state index in [1.165, 1.54) is 0 Å². The fourth-order valence-electron chi connectivity index (χ4n) is 1.80. The van der Waals surface area contributed by atoms with Crippen molar-refractivity contribution in [2.24, 2.45) is 11.1 Å². The van der Waals surface area contributed by atoms with Crippen molar-refractivity contribution >= 4 is 0 Å². The van der Waals surface area contributed by atoms with Crippen molar-refractivity contribution < 1.29 is 9.47 Å². The van der Waals surface area contributed by atoms with Gasteiger partial charge in [0.1, 0.15) is 11.5 Å². The molecule has 3 heteroatoms. The Kier molecular flexibility index (Phi) is 4.40. The Labute approximate surface area is 104 Å². The maximum atomic E-state index is 6.38. The predicted molar refractivity (Wildman–Crippen MR) is 70.5 cm³/mol. The van der Waals surface area contributed by atoms with E-state index >= 15 is 0 Å². The zero-order chi connectivity index (χ0) is 13.1. The van der Waals surface area contributed by atoms with Crippen LogP contribution in [0.2, 0.25) is 0 Å². The second kappa shape index (κ2) is 5.41. The number of rotatable bonds is 5. The lowest BCUT2D eigenvalue weighted by atomic mass is 9.78. The summed E-state index contributed by atoms with van der Waals surface area (Å²) in [5.41, 5.74) is 7.33. The Morgan fingerprint density at radius 3 is 2.00 bits per heavy atom. The summed E-state index contributed by atoms with van der Waals surface area (Å²) in [6.07, 6.45) is 0.995. The molecular weight excluding hydrogens is 214 g/mol. The summed E-state index contributed by atoms with van der Waals surface area (Å²) >= 11 is 0. The molecule has 0 aliphatic rings. The molecule has 1 atom stereocenters. The van der Waals surface area contributed by atoms with Crippen molar-refractivity contribution in [2.45, 2.75) is 33.2 Å². The SMILES string of the molecule is CCC(C)(C)C(N)c1c(OC)cccc1OC. The summed E-state index contributed by atoms with van der Waals surface area (Å²) in [6, 6.07) is 5.64. The molecular formula is C14H23NO2. The van der Waals surface area contributed by atoms with Crippen LogP contribution in [0.3, 0.4) is 0 Å². The highest BCUT2D eigenvalue weighted by molar-refractivity contribution is 5.47. The van der Waals surface area contributed by atoms with Gasteiger partial charge >= 0.3 is 0 Å². The highest BCUT2D eigenvalue weighted by atomic mass is 16.5. The van der Waals surface area contributed by atoms with Crippen molar-refractivity contribution in [1.82, 2.24) is 0 Å². The van der Waals surface area contributed by atoms with Gasteiger partial charge < -0.3 is 15.2 Å². The third-order valence-corrected chi connectivity index (χ3v) is 3.53. The molecule has 0 spiro atoms. The monoisotopic (exact) mass is 237 g/mol. The van der Waals surface area contributed by atoms with Crippen LogP contribution in [-0.2, 0) is 0 Å². The second-order valence-corrected chi connectivity index (χ2v) is 4.90. The Balaban J connectivity index is 3.27. The summed E-state index contributed by atoms with van der Waals surface area (Å²) in [6.45, 7) is 6.45. The fourth-order valence-corrected chi connectivity index (χ4v) is 1.80. The largest absolute Gasteiger partial charge is 0.496 e. The lowest BCUT2D eigenvalue weighted by Gasteiger charge is -2.32. The molecule has 1 aromatic rings. The minimum absolute atomic E-state index is 0.00190. The molecule has 0 amide bonds. The van der Waals surface area contributed by atoms with E-state index in [2.05, 4.69) is 20.8 Å². The summed E-state index contributed by atoms with van der Waals surface area (Å²) in [5.74, 6) is 1.58. The summed E-state index contributed by atoms with van der Waals surface area (Å²) < 4.78 is 10.8. The van der Waals surface area contributed by atoms with Gasteiger partial charge in [0.2, 0.25) is 0 Å². The van der Waals surface area contributed by atoms with E-state index in [0.717, 1.165) is 23.5 Å². The lowest BCUT2D eigenvalue weighted by Crippen LogP contribution is -2.29. The van der Waals surface area contributed by atoms with Gasteiger partial charge in [-0.05, 0) is 24.0 Å². The Morgan fingerprint density at radius 1 is 1.18 bits per heavy atom. The highest BCUT2D eigenvalue weighted by Crippen LogP contribution is 2.42. The molecule has 0 bridgehead atoms. The molecule has 1 unspecified atom stereocenters. The first-order valence-electron chi connectivity index (χ1n) is 5.94. The van der Waals surface area contributed by atoms with Crippen LogP contribution < -0.4 is 15.2 Å². The Morgan fingerprint density at radius 2 is 1.65 bits per heavy atom. The number of hydrogen-bond acceptors (Lipinski definition) is 3. The molecule has 2 N–H and O–H groups in total. The van der Waals surface area contributed by atoms with E-state index in [1.807, 2.05) is 18.2 Å². The molecule has 1 rings (SSSR count). The summed E-state index contributed by atoms with van der Waals surface area (Å²) in [4.78, 5) is 0. The molecule has 96 valence electrons. The number of methoxy groups -OCH3 is 2. The Bertz CT molecular complexity index is 352. The van der Waals surface area contributed by atoms with Crippen LogP contribution >= 0.6 is 0 Å². The van der Waals surface area contributed by atoms with Crippen molar-refractivity contribution in [3.8, 4) is 11.5 Å². The normalized spacial score (nSPS) is 13.3. The van der Waals surface area contributed by atoms with E-state index in [4.69, 9.17) is 15.2 Å². The van der Waals surface area contributed by atoms with Crippen molar-refractivity contribution in [3.63, 3.8) is 0 Å². The molecule has 0 fully saturated rings. The minimum Gasteiger partial charge on any atom is -0.496 e. The molecule has 0 aromatic heterocycles. The molecule has 0 aliphatic carbocycles. The van der Waals surface area contributed by atoms with E-state index < -0.39 is 0 Å². The first-order valence-corrected chi connectivity index (χ1v) is 5.94. The van der Waals surface area contributed by atoms with Crippen molar-refractivity contribution in [2.75, 3.05) is 14.2 Å². The smallest absolute Gasteiger partial charge is 0.127 e. The number of ether oxygens (including phenoxy) is 2. The van der Waals surface area contributed by atoms with Gasteiger partial charge in [-0.3, -0.25) is 0 Å². The van der Waals surface area contributed by atoms with Gasteiger partial charge in [-0.15, -0.1) is 0 Å². The first-order chi connectivity index (χ1) is 7.97. The van der Waals surface area contributed by atoms with E-state index in [9.17, 15) is 0 Å². The average Bonchev–Trinajstić information content (AvgIpc) is 2.36. The number of benzene rings is 1. The van der Waals surface area contributed by atoms with Crippen molar-refractivity contribution in [3.05, 3.63) is 23.8 Å². The zero-order valence-electron chi connectivity index (χ0n) is 11.4. The molecule has 0 radical (unpaired) electrons. The van der Waals surface area contributed by atoms with Crippen LogP contribution in [0.1, 0.15) is 38.8 Å². The van der Waals surface area contributed by atoms with Crippen LogP contribution in [0, 0.1) is 5.41 Å². The highest BCUT2D eigenvalue weighted by Gasteiger charge is 2.30. The van der Waals surface area contributed by atoms with Crippen LogP contribution in [0.25, 0.3) is 0 Å². The van der Waals surface area contributed by atoms with Gasteiger partial charge in [0.25, 0.3) is 0 Å². The van der Waals surface area contributed by atoms with Gasteiger partial charge in [-0.1, -0.05) is 26.8 Å². The fraction of sp³-hybridized carbons (Fsp3) is 0.571. The van der Waals surface area contributed by atoms with E-state index in [1.54, 1.807) is 14.2 Å². The van der Waals surface area contributed by atoms with Crippen LogP contribution in [0.15, 0.2) is 18.2 Å². The topological polar surface area (TPSA) is 44.5 Å². The van der Waals surface area contributed by atoms with Gasteiger partial charge in [-0.2, -0.15) is 0 Å². The van der Waals surface area contributed by atoms with Gasteiger partial charge in [-0.25, -0.2) is 0 Å². The maximum Gasteiger partial charge on any atom is 0.127 e. The molecule has 0 saturated heterocycles. The number of nitrogens with two attached hydrogens (primary N) is 1. The predicted octanol–water partition coefficient (Wildman–Crippen LogP) is 3.14. The summed E-state index contributed by atoms with van der Waals surface area (Å²) in [5, 5.41) is 0. The van der Waals surface area contributed by atoms with Crippen LogP contribution in [0.4, 0.5) is 0 Å². The van der Waals surface area contributed by atoms with E-state index in [0.29, 0.717) is 0 Å². The van der Waals surface area contributed by atoms with E-state index in [-0.39, 0.29) is 11.5 Å². The molecule has 0 heterocycles. The third-order valence-electron chi connectivity index (χ3n) is 3.53. The molecule has 0 saturated carbocycles. The second-order valence-electron chi connectivity index (χ2n) is 4.90. The van der Waals surface area contributed by atoms with Crippen LogP contribution in [0.5, 0.6) is 11.5 Å². The van der Waals surface area contributed by atoms with Gasteiger partial charge in [0.15, 0.2) is 0 Å². The third kappa shape index (κ3) is 2.72. The maximum absolute atomic E-state index is 6.38. The summed E-state index contributed by atoms with van der Waals surface area (Å²) in [7, 11) is 3.31. The quantitative estimate of drug-likeness (QED) is 0.855. The molecule has 3 nitrogen and oxygen atoms in total. The first kappa shape index (κ1) is 13.8. The van der Waals surface area contributed by atoms with Crippen molar-refractivity contribution in [1.29, 1.82) is 0 Å². The Hall–Kier alpha value is -1.22. The number of hydrogen-bond donors (Lipinski definition) is 1. The van der Waals surface area contributed by atoms with Gasteiger partial charge in [0, 0.05) is 6.04 Å². The lowest BCUT2D eigenvalue weighted by molar-refractivity contribution is 0.263. The average molecular weight is 237 g/mol. The molecule has 0 aliphatic heterocycles. The van der Waals surface area contributed by atoms with Gasteiger partial charge in [0.05, 0.1) is 19.8 Å². The molecule has 17 heavy (non-hydrogen) atoms.